The van der Waals surface area contributed by atoms with Gasteiger partial charge < -0.3 is 15.6 Å². The van der Waals surface area contributed by atoms with Crippen molar-refractivity contribution in [2.75, 3.05) is 13.7 Å². The lowest BCUT2D eigenvalue weighted by Gasteiger charge is -2.09. The van der Waals surface area contributed by atoms with E-state index in [2.05, 4.69) is 0 Å². The van der Waals surface area contributed by atoms with Crippen LogP contribution in [0.15, 0.2) is 29.2 Å². The molecule has 5 nitrogen and oxygen atoms in total. The molecule has 1 aromatic rings. The van der Waals surface area contributed by atoms with Gasteiger partial charge in [-0.05, 0) is 24.3 Å². The molecule has 0 saturated heterocycles. The van der Waals surface area contributed by atoms with Gasteiger partial charge in [-0.25, -0.2) is 8.42 Å². The van der Waals surface area contributed by atoms with Crippen LogP contribution < -0.4 is 10.5 Å². The van der Waals surface area contributed by atoms with Crippen LogP contribution in [0, 0.1) is 0 Å². The average molecular weight is 231 g/mol. The SMILES string of the molecule is COc1ccc(S(=O)(=O)C(O)CN)cc1. The van der Waals surface area contributed by atoms with Gasteiger partial charge in [0.1, 0.15) is 5.75 Å². The van der Waals surface area contributed by atoms with Crippen LogP contribution in [0.4, 0.5) is 0 Å². The van der Waals surface area contributed by atoms with Gasteiger partial charge in [-0.15, -0.1) is 0 Å². The van der Waals surface area contributed by atoms with Gasteiger partial charge in [0.2, 0.25) is 9.84 Å². The largest absolute Gasteiger partial charge is 0.497 e. The van der Waals surface area contributed by atoms with E-state index in [0.29, 0.717) is 5.75 Å². The van der Waals surface area contributed by atoms with Crippen LogP contribution in [0.1, 0.15) is 0 Å². The number of ether oxygens (including phenoxy) is 1. The zero-order valence-corrected chi connectivity index (χ0v) is 9.07. The maximum Gasteiger partial charge on any atom is 0.206 e. The summed E-state index contributed by atoms with van der Waals surface area (Å²) in [7, 11) is -2.25. The normalized spacial score (nSPS) is 13.5. The molecule has 84 valence electrons. The van der Waals surface area contributed by atoms with Gasteiger partial charge in [-0.1, -0.05) is 0 Å². The van der Waals surface area contributed by atoms with E-state index in [0.717, 1.165) is 0 Å². The van der Waals surface area contributed by atoms with Gasteiger partial charge in [-0.3, -0.25) is 0 Å². The van der Waals surface area contributed by atoms with Crippen molar-refractivity contribution in [2.45, 2.75) is 10.3 Å². The Hall–Kier alpha value is -1.11. The number of methoxy groups -OCH3 is 1. The highest BCUT2D eigenvalue weighted by atomic mass is 32.2. The van der Waals surface area contributed by atoms with Crippen molar-refractivity contribution in [2.24, 2.45) is 5.73 Å². The summed E-state index contributed by atoms with van der Waals surface area (Å²) in [6, 6.07) is 5.76. The number of benzene rings is 1. The molecule has 15 heavy (non-hydrogen) atoms. The second kappa shape index (κ2) is 4.61. The number of nitrogens with two attached hydrogens (primary N) is 1. The van der Waals surface area contributed by atoms with E-state index in [1.165, 1.54) is 31.4 Å². The van der Waals surface area contributed by atoms with E-state index >= 15 is 0 Å². The Bertz CT molecular complexity index is 412. The standard InChI is InChI=1S/C9H13NO4S/c1-14-7-2-4-8(5-3-7)15(12,13)9(11)6-10/h2-5,9,11H,6,10H2,1H3. The molecular weight excluding hydrogens is 218 g/mol. The van der Waals surface area contributed by atoms with E-state index in [4.69, 9.17) is 10.5 Å². The molecular formula is C9H13NO4S. The lowest BCUT2D eigenvalue weighted by atomic mass is 10.3. The van der Waals surface area contributed by atoms with Crippen LogP contribution in [-0.4, -0.2) is 32.6 Å². The lowest BCUT2D eigenvalue weighted by molar-refractivity contribution is 0.256. The van der Waals surface area contributed by atoms with Crippen molar-refractivity contribution in [3.8, 4) is 5.75 Å². The first kappa shape index (κ1) is 12.0. The summed E-state index contributed by atoms with van der Waals surface area (Å²) in [4.78, 5) is 0.0289. The predicted octanol–water partition coefficient (Wildman–Crippen LogP) is -0.254. The molecule has 0 radical (unpaired) electrons. The van der Waals surface area contributed by atoms with Gasteiger partial charge in [0.05, 0.1) is 12.0 Å². The Kier molecular flexibility index (Phi) is 3.67. The van der Waals surface area contributed by atoms with E-state index in [-0.39, 0.29) is 11.4 Å². The molecule has 0 amide bonds. The molecule has 1 unspecified atom stereocenters. The lowest BCUT2D eigenvalue weighted by Crippen LogP contribution is -2.29. The summed E-state index contributed by atoms with van der Waals surface area (Å²) in [5.41, 5.74) is 3.53. The minimum absolute atomic E-state index is 0.0289. The third-order valence-corrected chi connectivity index (χ3v) is 3.79. The van der Waals surface area contributed by atoms with Gasteiger partial charge in [-0.2, -0.15) is 0 Å². The molecule has 0 aliphatic heterocycles. The first-order chi connectivity index (χ1) is 7.02. The maximum absolute atomic E-state index is 11.6. The number of hydrogen-bond donors (Lipinski definition) is 2. The Balaban J connectivity index is 3.06. The molecule has 3 N–H and O–H groups in total. The van der Waals surface area contributed by atoms with Gasteiger partial charge in [0.25, 0.3) is 0 Å². The van der Waals surface area contributed by atoms with Crippen molar-refractivity contribution in [3.63, 3.8) is 0 Å². The number of hydrogen-bond acceptors (Lipinski definition) is 5. The van der Waals surface area contributed by atoms with E-state index in [1.807, 2.05) is 0 Å². The minimum Gasteiger partial charge on any atom is -0.497 e. The Morgan fingerprint density at radius 1 is 1.40 bits per heavy atom. The second-order valence-corrected chi connectivity index (χ2v) is 5.02. The second-order valence-electron chi connectivity index (χ2n) is 2.91. The first-order valence-electron chi connectivity index (χ1n) is 4.28. The fraction of sp³-hybridized carbons (Fsp3) is 0.333. The molecule has 0 aliphatic rings. The Morgan fingerprint density at radius 2 is 1.93 bits per heavy atom. The van der Waals surface area contributed by atoms with Crippen LogP contribution in [0.5, 0.6) is 5.75 Å². The topological polar surface area (TPSA) is 89.6 Å². The molecule has 1 rings (SSSR count). The van der Waals surface area contributed by atoms with Crippen molar-refractivity contribution >= 4 is 9.84 Å². The fourth-order valence-corrected chi connectivity index (χ4v) is 2.13. The van der Waals surface area contributed by atoms with Crippen LogP contribution in [0.25, 0.3) is 0 Å². The summed E-state index contributed by atoms with van der Waals surface area (Å²) in [6.07, 6.45) is 0. The molecule has 0 aromatic heterocycles. The third kappa shape index (κ3) is 2.47. The first-order valence-corrected chi connectivity index (χ1v) is 5.83. The van der Waals surface area contributed by atoms with Crippen LogP contribution in [-0.2, 0) is 9.84 Å². The van der Waals surface area contributed by atoms with E-state index in [9.17, 15) is 13.5 Å². The van der Waals surface area contributed by atoms with Crippen LogP contribution in [0.2, 0.25) is 0 Å². The molecule has 6 heteroatoms. The van der Waals surface area contributed by atoms with E-state index < -0.39 is 15.3 Å². The van der Waals surface area contributed by atoms with Gasteiger partial charge in [0, 0.05) is 6.54 Å². The van der Waals surface area contributed by atoms with Crippen molar-refractivity contribution in [3.05, 3.63) is 24.3 Å². The summed E-state index contributed by atoms with van der Waals surface area (Å²) >= 11 is 0. The molecule has 0 aliphatic carbocycles. The quantitative estimate of drug-likeness (QED) is 0.745. The number of rotatable bonds is 4. The monoisotopic (exact) mass is 231 g/mol. The zero-order valence-electron chi connectivity index (χ0n) is 8.25. The van der Waals surface area contributed by atoms with Crippen molar-refractivity contribution in [1.29, 1.82) is 0 Å². The molecule has 0 spiro atoms. The number of aliphatic hydroxyl groups excluding tert-OH is 1. The number of aliphatic hydroxyl groups is 1. The molecule has 0 fully saturated rings. The van der Waals surface area contributed by atoms with Crippen LogP contribution in [0.3, 0.4) is 0 Å². The Morgan fingerprint density at radius 3 is 2.33 bits per heavy atom. The predicted molar refractivity (Wildman–Crippen MR) is 55.2 cm³/mol. The number of sulfone groups is 1. The summed E-state index contributed by atoms with van der Waals surface area (Å²) < 4.78 is 28.1. The Labute approximate surface area is 88.4 Å². The van der Waals surface area contributed by atoms with Gasteiger partial charge >= 0.3 is 0 Å². The maximum atomic E-state index is 11.6. The zero-order chi connectivity index (χ0) is 11.5. The smallest absolute Gasteiger partial charge is 0.206 e. The average Bonchev–Trinajstić information content (AvgIpc) is 2.28. The summed E-state index contributed by atoms with van der Waals surface area (Å²) in [5.74, 6) is 0.552. The highest BCUT2D eigenvalue weighted by molar-refractivity contribution is 7.91. The molecule has 0 heterocycles. The highest BCUT2D eigenvalue weighted by Crippen LogP contribution is 2.18. The van der Waals surface area contributed by atoms with Gasteiger partial charge in [0.15, 0.2) is 5.44 Å². The van der Waals surface area contributed by atoms with Crippen molar-refractivity contribution < 1.29 is 18.3 Å². The van der Waals surface area contributed by atoms with Crippen molar-refractivity contribution in [1.82, 2.24) is 0 Å². The molecule has 1 atom stereocenters. The highest BCUT2D eigenvalue weighted by Gasteiger charge is 2.23. The minimum atomic E-state index is -3.74. The molecule has 0 saturated carbocycles. The third-order valence-electron chi connectivity index (χ3n) is 1.95. The molecule has 1 aromatic carbocycles. The molecule has 0 bridgehead atoms. The summed E-state index contributed by atoms with van der Waals surface area (Å²) in [6.45, 7) is -0.325. The van der Waals surface area contributed by atoms with Crippen LogP contribution >= 0.6 is 0 Å². The fourth-order valence-electron chi connectivity index (χ4n) is 1.05. The van der Waals surface area contributed by atoms with E-state index in [1.54, 1.807) is 0 Å². The summed E-state index contributed by atoms with van der Waals surface area (Å²) in [5, 5.41) is 9.22.